The number of fused-ring (bicyclic) bond motifs is 1. The van der Waals surface area contributed by atoms with E-state index in [2.05, 4.69) is 11.4 Å². The van der Waals surface area contributed by atoms with Gasteiger partial charge in [0.05, 0.1) is 11.6 Å². The first-order chi connectivity index (χ1) is 8.72. The molecule has 1 fully saturated rings. The number of benzene rings is 1. The lowest BCUT2D eigenvalue weighted by Crippen LogP contribution is -2.32. The quantitative estimate of drug-likeness (QED) is 0.810. The Labute approximate surface area is 106 Å². The molecule has 2 aliphatic rings. The third-order valence-corrected chi connectivity index (χ3v) is 3.74. The molecule has 1 aliphatic carbocycles. The summed E-state index contributed by atoms with van der Waals surface area (Å²) < 4.78 is 4.97. The zero-order valence-corrected chi connectivity index (χ0v) is 10.0. The highest BCUT2D eigenvalue weighted by molar-refractivity contribution is 5.93. The van der Waals surface area contributed by atoms with Gasteiger partial charge >= 0.3 is 5.97 Å². The fourth-order valence-corrected chi connectivity index (χ4v) is 2.73. The highest BCUT2D eigenvalue weighted by Gasteiger charge is 2.34. The normalized spacial score (nSPS) is 20.1. The summed E-state index contributed by atoms with van der Waals surface area (Å²) in [6.07, 6.45) is 3.95. The number of rotatable bonds is 2. The van der Waals surface area contributed by atoms with Crippen LogP contribution >= 0.6 is 0 Å². The summed E-state index contributed by atoms with van der Waals surface area (Å²) >= 11 is 0. The van der Waals surface area contributed by atoms with E-state index in [4.69, 9.17) is 4.74 Å². The molecule has 4 nitrogen and oxygen atoms in total. The second kappa shape index (κ2) is 4.02. The van der Waals surface area contributed by atoms with Crippen LogP contribution in [0.4, 0.5) is 5.69 Å². The van der Waals surface area contributed by atoms with E-state index in [1.165, 1.54) is 0 Å². The molecule has 0 spiro atoms. The number of nitriles is 1. The Hall–Kier alpha value is -2.02. The van der Waals surface area contributed by atoms with E-state index in [-0.39, 0.29) is 5.97 Å². The van der Waals surface area contributed by atoms with Crippen molar-refractivity contribution >= 4 is 11.7 Å². The topological polar surface area (TPSA) is 62.1 Å². The molecule has 3 rings (SSSR count). The second-order valence-corrected chi connectivity index (χ2v) is 4.97. The summed E-state index contributed by atoms with van der Waals surface area (Å²) in [7, 11) is 0. The number of cyclic esters (lactones) is 1. The molecule has 1 aromatic rings. The maximum Gasteiger partial charge on any atom is 0.338 e. The minimum atomic E-state index is -0.433. The number of ether oxygens (including phenoxy) is 1. The SMILES string of the molecule is N#CC1(Nc2ccc3c(c2)COC3=O)CCCC1. The second-order valence-electron chi connectivity index (χ2n) is 4.97. The Morgan fingerprint density at radius 3 is 2.83 bits per heavy atom. The van der Waals surface area contributed by atoms with Crippen molar-refractivity contribution in [2.24, 2.45) is 0 Å². The van der Waals surface area contributed by atoms with E-state index >= 15 is 0 Å². The van der Waals surface area contributed by atoms with Gasteiger partial charge in [-0.05, 0) is 43.9 Å². The monoisotopic (exact) mass is 242 g/mol. The number of hydrogen-bond acceptors (Lipinski definition) is 4. The van der Waals surface area contributed by atoms with E-state index in [1.54, 1.807) is 6.07 Å². The zero-order valence-electron chi connectivity index (χ0n) is 10.0. The van der Waals surface area contributed by atoms with E-state index in [9.17, 15) is 10.1 Å². The number of carbonyl (C=O) groups excluding carboxylic acids is 1. The lowest BCUT2D eigenvalue weighted by Gasteiger charge is -2.23. The molecule has 0 aromatic heterocycles. The summed E-state index contributed by atoms with van der Waals surface area (Å²) in [5.41, 5.74) is 2.00. The molecule has 1 aromatic carbocycles. The van der Waals surface area contributed by atoms with Gasteiger partial charge in [-0.2, -0.15) is 5.26 Å². The summed E-state index contributed by atoms with van der Waals surface area (Å²) in [6, 6.07) is 7.93. The van der Waals surface area contributed by atoms with Crippen molar-refractivity contribution in [1.82, 2.24) is 0 Å². The number of carbonyl (C=O) groups is 1. The van der Waals surface area contributed by atoms with Crippen LogP contribution in [-0.2, 0) is 11.3 Å². The molecule has 4 heteroatoms. The fraction of sp³-hybridized carbons (Fsp3) is 0.429. The number of nitrogens with one attached hydrogen (secondary N) is 1. The smallest absolute Gasteiger partial charge is 0.338 e. The first kappa shape index (κ1) is 11.1. The van der Waals surface area contributed by atoms with Crippen LogP contribution in [0, 0.1) is 11.3 Å². The molecule has 1 N–H and O–H groups in total. The van der Waals surface area contributed by atoms with Gasteiger partial charge in [0.2, 0.25) is 0 Å². The van der Waals surface area contributed by atoms with Crippen molar-refractivity contribution in [2.45, 2.75) is 37.8 Å². The minimum Gasteiger partial charge on any atom is -0.457 e. The van der Waals surface area contributed by atoms with Crippen LogP contribution < -0.4 is 5.32 Å². The van der Waals surface area contributed by atoms with Gasteiger partial charge in [0, 0.05) is 11.3 Å². The number of nitrogens with zero attached hydrogens (tertiary/aromatic N) is 1. The van der Waals surface area contributed by atoms with Crippen molar-refractivity contribution in [3.8, 4) is 6.07 Å². The molecule has 0 unspecified atom stereocenters. The largest absolute Gasteiger partial charge is 0.457 e. The molecule has 18 heavy (non-hydrogen) atoms. The van der Waals surface area contributed by atoms with Crippen LogP contribution in [-0.4, -0.2) is 11.5 Å². The highest BCUT2D eigenvalue weighted by Crippen LogP contribution is 2.33. The van der Waals surface area contributed by atoms with Crippen molar-refractivity contribution in [3.63, 3.8) is 0 Å². The summed E-state index contributed by atoms with van der Waals surface area (Å²) in [5, 5.41) is 12.6. The van der Waals surface area contributed by atoms with Gasteiger partial charge in [-0.15, -0.1) is 0 Å². The standard InChI is InChI=1S/C14H14N2O2/c15-9-14(5-1-2-6-14)16-11-3-4-12-10(7-11)8-18-13(12)17/h3-4,7,16H,1-2,5-6,8H2. The molecular weight excluding hydrogens is 228 g/mol. The number of hydrogen-bond donors (Lipinski definition) is 1. The molecule has 1 aliphatic heterocycles. The van der Waals surface area contributed by atoms with Crippen molar-refractivity contribution in [1.29, 1.82) is 5.26 Å². The molecule has 0 bridgehead atoms. The van der Waals surface area contributed by atoms with Gasteiger partial charge in [0.15, 0.2) is 0 Å². The summed E-state index contributed by atoms with van der Waals surface area (Å²) in [5.74, 6) is -0.257. The molecular formula is C14H14N2O2. The first-order valence-electron chi connectivity index (χ1n) is 6.22. The van der Waals surface area contributed by atoms with E-state index in [1.807, 2.05) is 12.1 Å². The maximum atomic E-state index is 11.3. The first-order valence-corrected chi connectivity index (χ1v) is 6.22. The van der Waals surface area contributed by atoms with Crippen LogP contribution in [0.15, 0.2) is 18.2 Å². The lowest BCUT2D eigenvalue weighted by atomic mass is 9.98. The number of anilines is 1. The van der Waals surface area contributed by atoms with Gasteiger partial charge in [-0.3, -0.25) is 0 Å². The molecule has 0 amide bonds. The molecule has 1 saturated carbocycles. The molecule has 0 saturated heterocycles. The van der Waals surface area contributed by atoms with E-state index in [0.29, 0.717) is 12.2 Å². The summed E-state index contributed by atoms with van der Waals surface area (Å²) in [4.78, 5) is 11.3. The Bertz CT molecular complexity index is 539. The Kier molecular flexibility index (Phi) is 2.48. The van der Waals surface area contributed by atoms with E-state index < -0.39 is 5.54 Å². The molecule has 0 radical (unpaired) electrons. The van der Waals surface area contributed by atoms with Gasteiger partial charge in [0.25, 0.3) is 0 Å². The highest BCUT2D eigenvalue weighted by atomic mass is 16.5. The van der Waals surface area contributed by atoms with Gasteiger partial charge in [-0.1, -0.05) is 0 Å². The third-order valence-electron chi connectivity index (χ3n) is 3.74. The lowest BCUT2D eigenvalue weighted by molar-refractivity contribution is 0.0535. The van der Waals surface area contributed by atoms with Crippen LogP contribution in [0.1, 0.15) is 41.6 Å². The van der Waals surface area contributed by atoms with Crippen molar-refractivity contribution < 1.29 is 9.53 Å². The van der Waals surface area contributed by atoms with Crippen LogP contribution in [0.2, 0.25) is 0 Å². The van der Waals surface area contributed by atoms with Gasteiger partial charge in [-0.25, -0.2) is 4.79 Å². The van der Waals surface area contributed by atoms with Crippen LogP contribution in [0.5, 0.6) is 0 Å². The fourth-order valence-electron chi connectivity index (χ4n) is 2.73. The van der Waals surface area contributed by atoms with Crippen LogP contribution in [0.3, 0.4) is 0 Å². The van der Waals surface area contributed by atoms with Crippen molar-refractivity contribution in [3.05, 3.63) is 29.3 Å². The third kappa shape index (κ3) is 1.72. The number of esters is 1. The Balaban J connectivity index is 1.86. The average molecular weight is 242 g/mol. The Morgan fingerprint density at radius 2 is 2.11 bits per heavy atom. The average Bonchev–Trinajstić information content (AvgIpc) is 2.98. The zero-order chi connectivity index (χ0) is 12.6. The van der Waals surface area contributed by atoms with Crippen molar-refractivity contribution in [2.75, 3.05) is 5.32 Å². The van der Waals surface area contributed by atoms with E-state index in [0.717, 1.165) is 36.9 Å². The maximum absolute atomic E-state index is 11.3. The minimum absolute atomic E-state index is 0.257. The predicted octanol–water partition coefficient (Wildman–Crippen LogP) is 2.61. The molecule has 1 heterocycles. The van der Waals surface area contributed by atoms with Gasteiger partial charge in [0.1, 0.15) is 12.1 Å². The summed E-state index contributed by atoms with van der Waals surface area (Å²) in [6.45, 7) is 0.337. The Morgan fingerprint density at radius 1 is 1.33 bits per heavy atom. The molecule has 0 atom stereocenters. The van der Waals surface area contributed by atoms with Crippen LogP contribution in [0.25, 0.3) is 0 Å². The van der Waals surface area contributed by atoms with Gasteiger partial charge < -0.3 is 10.1 Å². The molecule has 92 valence electrons. The predicted molar refractivity (Wildman–Crippen MR) is 66.0 cm³/mol.